The van der Waals surface area contributed by atoms with E-state index in [0.29, 0.717) is 6.42 Å². The van der Waals surface area contributed by atoms with E-state index in [4.69, 9.17) is 9.84 Å². The number of Topliss-reactive ketones (excluding diaryl/α,β-unsaturated/α-hetero) is 1. The summed E-state index contributed by atoms with van der Waals surface area (Å²) in [4.78, 5) is 21.2. The standard InChI is InChI=1S/C10H18O4/c1-14-8-4-2-3-5-9(11)6-7-10(12)13/h2-8H2,1H3,(H,12,13). The van der Waals surface area contributed by atoms with Crippen LogP contribution in [0.25, 0.3) is 0 Å². The molecule has 0 bridgehead atoms. The van der Waals surface area contributed by atoms with Crippen LogP contribution in [0.3, 0.4) is 0 Å². The number of carboxylic acids is 1. The number of ether oxygens (including phenoxy) is 1. The molecule has 4 nitrogen and oxygen atoms in total. The lowest BCUT2D eigenvalue weighted by molar-refractivity contribution is -0.138. The van der Waals surface area contributed by atoms with E-state index in [0.717, 1.165) is 25.9 Å². The Hall–Kier alpha value is -0.900. The summed E-state index contributed by atoms with van der Waals surface area (Å²) in [5.74, 6) is -0.859. The number of rotatable bonds is 9. The second kappa shape index (κ2) is 8.69. The van der Waals surface area contributed by atoms with Gasteiger partial charge in [0.2, 0.25) is 0 Å². The Morgan fingerprint density at radius 1 is 1.07 bits per heavy atom. The van der Waals surface area contributed by atoms with Crippen LogP contribution in [-0.4, -0.2) is 30.6 Å². The van der Waals surface area contributed by atoms with Crippen LogP contribution < -0.4 is 0 Å². The third-order valence-electron chi connectivity index (χ3n) is 1.92. The molecule has 0 unspecified atom stereocenters. The SMILES string of the molecule is COCCCCCC(=O)CCC(=O)O. The fourth-order valence-corrected chi connectivity index (χ4v) is 1.12. The average molecular weight is 202 g/mol. The Morgan fingerprint density at radius 2 is 1.79 bits per heavy atom. The minimum Gasteiger partial charge on any atom is -0.481 e. The Kier molecular flexibility index (Phi) is 8.13. The molecule has 0 aromatic carbocycles. The highest BCUT2D eigenvalue weighted by atomic mass is 16.5. The molecule has 0 atom stereocenters. The van der Waals surface area contributed by atoms with E-state index in [9.17, 15) is 9.59 Å². The number of ketones is 1. The number of carboxylic acid groups (broad SMARTS) is 1. The van der Waals surface area contributed by atoms with Gasteiger partial charge in [-0.05, 0) is 12.8 Å². The van der Waals surface area contributed by atoms with E-state index in [1.807, 2.05) is 0 Å². The number of hydrogen-bond donors (Lipinski definition) is 1. The fraction of sp³-hybridized carbons (Fsp3) is 0.800. The van der Waals surface area contributed by atoms with Crippen LogP contribution in [0.4, 0.5) is 0 Å². The van der Waals surface area contributed by atoms with Crippen LogP contribution in [0.2, 0.25) is 0 Å². The van der Waals surface area contributed by atoms with Crippen molar-refractivity contribution in [2.24, 2.45) is 0 Å². The monoisotopic (exact) mass is 202 g/mol. The van der Waals surface area contributed by atoms with Crippen molar-refractivity contribution in [1.82, 2.24) is 0 Å². The van der Waals surface area contributed by atoms with Crippen LogP contribution in [-0.2, 0) is 14.3 Å². The van der Waals surface area contributed by atoms with Gasteiger partial charge >= 0.3 is 5.97 Å². The van der Waals surface area contributed by atoms with E-state index in [2.05, 4.69) is 0 Å². The van der Waals surface area contributed by atoms with Crippen LogP contribution in [0.15, 0.2) is 0 Å². The van der Waals surface area contributed by atoms with Gasteiger partial charge in [-0.15, -0.1) is 0 Å². The first-order chi connectivity index (χ1) is 6.66. The Morgan fingerprint density at radius 3 is 2.36 bits per heavy atom. The van der Waals surface area contributed by atoms with E-state index in [1.165, 1.54) is 0 Å². The fourth-order valence-electron chi connectivity index (χ4n) is 1.12. The molecule has 0 radical (unpaired) electrons. The summed E-state index contributed by atoms with van der Waals surface area (Å²) in [5, 5.41) is 8.34. The zero-order chi connectivity index (χ0) is 10.8. The molecule has 82 valence electrons. The second-order valence-corrected chi connectivity index (χ2v) is 3.24. The zero-order valence-corrected chi connectivity index (χ0v) is 8.62. The van der Waals surface area contributed by atoms with Gasteiger partial charge in [-0.25, -0.2) is 0 Å². The quantitative estimate of drug-likeness (QED) is 0.577. The second-order valence-electron chi connectivity index (χ2n) is 3.24. The van der Waals surface area contributed by atoms with Crippen LogP contribution in [0.5, 0.6) is 0 Å². The first-order valence-electron chi connectivity index (χ1n) is 4.89. The predicted molar refractivity (Wildman–Crippen MR) is 52.2 cm³/mol. The maximum absolute atomic E-state index is 11.1. The number of methoxy groups -OCH3 is 1. The van der Waals surface area contributed by atoms with Crippen molar-refractivity contribution in [1.29, 1.82) is 0 Å². The van der Waals surface area contributed by atoms with Crippen molar-refractivity contribution >= 4 is 11.8 Å². The Labute approximate surface area is 84.3 Å². The third kappa shape index (κ3) is 9.19. The maximum atomic E-state index is 11.1. The molecule has 0 aromatic heterocycles. The molecule has 0 amide bonds. The lowest BCUT2D eigenvalue weighted by Gasteiger charge is -1.99. The molecule has 4 heteroatoms. The van der Waals surface area contributed by atoms with Crippen molar-refractivity contribution < 1.29 is 19.4 Å². The molecule has 0 aliphatic carbocycles. The first kappa shape index (κ1) is 13.1. The maximum Gasteiger partial charge on any atom is 0.303 e. The number of hydrogen-bond acceptors (Lipinski definition) is 3. The van der Waals surface area contributed by atoms with Crippen molar-refractivity contribution in [3.05, 3.63) is 0 Å². The highest BCUT2D eigenvalue weighted by molar-refractivity contribution is 5.82. The summed E-state index contributed by atoms with van der Waals surface area (Å²) >= 11 is 0. The highest BCUT2D eigenvalue weighted by Gasteiger charge is 2.04. The minimum atomic E-state index is -0.905. The zero-order valence-electron chi connectivity index (χ0n) is 8.62. The summed E-state index contributed by atoms with van der Waals surface area (Å²) in [5.41, 5.74) is 0. The smallest absolute Gasteiger partial charge is 0.303 e. The van der Waals surface area contributed by atoms with E-state index >= 15 is 0 Å². The third-order valence-corrected chi connectivity index (χ3v) is 1.92. The van der Waals surface area contributed by atoms with E-state index in [-0.39, 0.29) is 18.6 Å². The van der Waals surface area contributed by atoms with Gasteiger partial charge in [0.15, 0.2) is 0 Å². The highest BCUT2D eigenvalue weighted by Crippen LogP contribution is 2.04. The average Bonchev–Trinajstić information content (AvgIpc) is 2.14. The molecule has 0 saturated carbocycles. The molecule has 0 aromatic rings. The minimum absolute atomic E-state index is 0.0447. The van der Waals surface area contributed by atoms with Crippen LogP contribution in [0.1, 0.15) is 38.5 Å². The first-order valence-corrected chi connectivity index (χ1v) is 4.89. The van der Waals surface area contributed by atoms with Crippen LogP contribution >= 0.6 is 0 Å². The number of carbonyl (C=O) groups is 2. The molecule has 0 aliphatic heterocycles. The molecular formula is C10H18O4. The van der Waals surface area contributed by atoms with Crippen molar-refractivity contribution in [2.45, 2.75) is 38.5 Å². The largest absolute Gasteiger partial charge is 0.481 e. The summed E-state index contributed by atoms with van der Waals surface area (Å²) in [6, 6.07) is 0. The predicted octanol–water partition coefficient (Wildman–Crippen LogP) is 1.63. The number of aliphatic carboxylic acids is 1. The molecule has 0 fully saturated rings. The molecule has 0 saturated heterocycles. The lowest BCUT2D eigenvalue weighted by Crippen LogP contribution is -2.03. The summed E-state index contributed by atoms with van der Waals surface area (Å²) in [6.45, 7) is 0.726. The van der Waals surface area contributed by atoms with Gasteiger partial charge in [0, 0.05) is 26.6 Å². The molecule has 14 heavy (non-hydrogen) atoms. The molecule has 0 aliphatic rings. The topological polar surface area (TPSA) is 63.6 Å². The summed E-state index contributed by atoms with van der Waals surface area (Å²) < 4.78 is 4.87. The normalized spacial score (nSPS) is 10.1. The van der Waals surface area contributed by atoms with Gasteiger partial charge in [0.25, 0.3) is 0 Å². The molecule has 1 N–H and O–H groups in total. The van der Waals surface area contributed by atoms with E-state index < -0.39 is 5.97 Å². The van der Waals surface area contributed by atoms with Gasteiger partial charge < -0.3 is 9.84 Å². The summed E-state index contributed by atoms with van der Waals surface area (Å²) in [7, 11) is 1.65. The van der Waals surface area contributed by atoms with Gasteiger partial charge in [-0.3, -0.25) is 9.59 Å². The molecular weight excluding hydrogens is 184 g/mol. The van der Waals surface area contributed by atoms with Crippen molar-refractivity contribution in [3.8, 4) is 0 Å². The van der Waals surface area contributed by atoms with Gasteiger partial charge in [0.05, 0.1) is 6.42 Å². The van der Waals surface area contributed by atoms with Gasteiger partial charge in [0.1, 0.15) is 5.78 Å². The van der Waals surface area contributed by atoms with Crippen molar-refractivity contribution in [3.63, 3.8) is 0 Å². The van der Waals surface area contributed by atoms with Gasteiger partial charge in [-0.2, -0.15) is 0 Å². The lowest BCUT2D eigenvalue weighted by atomic mass is 10.1. The van der Waals surface area contributed by atoms with Crippen molar-refractivity contribution in [2.75, 3.05) is 13.7 Å². The molecule has 0 spiro atoms. The Bertz CT molecular complexity index is 177. The van der Waals surface area contributed by atoms with E-state index in [1.54, 1.807) is 7.11 Å². The molecule has 0 heterocycles. The number of unbranched alkanes of at least 4 members (excludes halogenated alkanes) is 2. The summed E-state index contributed by atoms with van der Waals surface area (Å²) in [6.07, 6.45) is 3.38. The van der Waals surface area contributed by atoms with Gasteiger partial charge in [-0.1, -0.05) is 6.42 Å². The Balaban J connectivity index is 3.22. The molecule has 0 rings (SSSR count). The number of carbonyl (C=O) groups excluding carboxylic acids is 1. The van der Waals surface area contributed by atoms with Crippen LogP contribution in [0, 0.1) is 0 Å².